The zero-order valence-electron chi connectivity index (χ0n) is 14.7. The highest BCUT2D eigenvalue weighted by atomic mass is 32.2. The molecule has 0 saturated carbocycles. The van der Waals surface area contributed by atoms with Gasteiger partial charge in [-0.25, -0.2) is 8.42 Å². The van der Waals surface area contributed by atoms with Crippen molar-refractivity contribution in [2.75, 3.05) is 25.1 Å². The van der Waals surface area contributed by atoms with Gasteiger partial charge in [0.25, 0.3) is 0 Å². The van der Waals surface area contributed by atoms with Crippen LogP contribution in [0.25, 0.3) is 0 Å². The fourth-order valence-electron chi connectivity index (χ4n) is 3.04. The molecule has 1 N–H and O–H groups in total. The Morgan fingerprint density at radius 1 is 1.29 bits per heavy atom. The largest absolute Gasteiger partial charge is 0.378 e. The third-order valence-electron chi connectivity index (χ3n) is 4.01. The molecule has 24 heavy (non-hydrogen) atoms. The van der Waals surface area contributed by atoms with Crippen LogP contribution in [0.5, 0.6) is 0 Å². The Hall–Kier alpha value is -1.35. The van der Waals surface area contributed by atoms with Crippen molar-refractivity contribution < 1.29 is 13.5 Å². The zero-order chi connectivity index (χ0) is 17.8. The summed E-state index contributed by atoms with van der Waals surface area (Å²) in [4.78, 5) is 2.33. The van der Waals surface area contributed by atoms with Crippen molar-refractivity contribution in [3.8, 4) is 11.8 Å². The molecule has 1 heterocycles. The topological polar surface area (TPSA) is 57.6 Å². The van der Waals surface area contributed by atoms with Gasteiger partial charge < -0.3 is 5.11 Å². The third kappa shape index (κ3) is 7.04. The maximum Gasteiger partial charge on any atom is 0.147 e. The van der Waals surface area contributed by atoms with E-state index in [4.69, 9.17) is 0 Å². The minimum Gasteiger partial charge on any atom is -0.378 e. The van der Waals surface area contributed by atoms with Gasteiger partial charge in [0.15, 0.2) is 0 Å². The number of piperidine rings is 1. The van der Waals surface area contributed by atoms with Crippen molar-refractivity contribution in [3.63, 3.8) is 0 Å². The van der Waals surface area contributed by atoms with Gasteiger partial charge in [-0.3, -0.25) is 4.90 Å². The second-order valence-corrected chi connectivity index (χ2v) is 9.53. The maximum absolute atomic E-state index is 11.5. The van der Waals surface area contributed by atoms with Crippen molar-refractivity contribution in [1.29, 1.82) is 0 Å². The minimum absolute atomic E-state index is 0.241. The zero-order valence-corrected chi connectivity index (χ0v) is 15.6. The SMILES string of the molecule is CC(C)(O)C#Cc1ccc(CN2CCCC(CS(C)(=O)=O)C2)cc1. The minimum atomic E-state index is -2.91. The Labute approximate surface area is 145 Å². The highest BCUT2D eigenvalue weighted by Gasteiger charge is 2.23. The highest BCUT2D eigenvalue weighted by Crippen LogP contribution is 2.20. The summed E-state index contributed by atoms with van der Waals surface area (Å²) >= 11 is 0. The van der Waals surface area contributed by atoms with Crippen LogP contribution in [0.4, 0.5) is 0 Å². The number of hydrogen-bond donors (Lipinski definition) is 1. The number of sulfone groups is 1. The summed E-state index contributed by atoms with van der Waals surface area (Å²) in [7, 11) is -2.91. The monoisotopic (exact) mass is 349 g/mol. The molecule has 2 rings (SSSR count). The Morgan fingerprint density at radius 2 is 1.96 bits per heavy atom. The van der Waals surface area contributed by atoms with E-state index in [2.05, 4.69) is 28.9 Å². The number of likely N-dealkylation sites (tertiary alicyclic amines) is 1. The van der Waals surface area contributed by atoms with Gasteiger partial charge in [0.05, 0.1) is 5.75 Å². The second kappa shape index (κ2) is 7.69. The normalized spacial score (nSPS) is 19.6. The molecule has 1 saturated heterocycles. The maximum atomic E-state index is 11.5. The number of hydrogen-bond acceptors (Lipinski definition) is 4. The van der Waals surface area contributed by atoms with Gasteiger partial charge in [-0.05, 0) is 56.8 Å². The first-order valence-corrected chi connectivity index (χ1v) is 10.4. The molecule has 0 amide bonds. The Balaban J connectivity index is 1.94. The van der Waals surface area contributed by atoms with Crippen LogP contribution >= 0.6 is 0 Å². The van der Waals surface area contributed by atoms with Crippen molar-refractivity contribution >= 4 is 9.84 Å². The molecule has 0 radical (unpaired) electrons. The van der Waals surface area contributed by atoms with Crippen molar-refractivity contribution in [3.05, 3.63) is 35.4 Å². The Kier molecular flexibility index (Phi) is 6.08. The van der Waals surface area contributed by atoms with E-state index >= 15 is 0 Å². The van der Waals surface area contributed by atoms with E-state index < -0.39 is 15.4 Å². The predicted octanol–water partition coefficient (Wildman–Crippen LogP) is 2.07. The number of aliphatic hydroxyl groups is 1. The van der Waals surface area contributed by atoms with Crippen LogP contribution in [-0.2, 0) is 16.4 Å². The van der Waals surface area contributed by atoms with Crippen LogP contribution in [0.3, 0.4) is 0 Å². The third-order valence-corrected chi connectivity index (χ3v) is 5.09. The molecule has 0 aliphatic carbocycles. The summed E-state index contributed by atoms with van der Waals surface area (Å²) in [5.74, 6) is 6.30. The molecule has 5 heteroatoms. The molecule has 1 fully saturated rings. The van der Waals surface area contributed by atoms with Crippen LogP contribution in [0.15, 0.2) is 24.3 Å². The molecule has 1 aromatic carbocycles. The first-order valence-electron chi connectivity index (χ1n) is 8.35. The van der Waals surface area contributed by atoms with Crippen LogP contribution in [0.2, 0.25) is 0 Å². The molecule has 132 valence electrons. The van der Waals surface area contributed by atoms with Gasteiger partial charge >= 0.3 is 0 Å². The fraction of sp³-hybridized carbons (Fsp3) is 0.579. The molecule has 1 atom stereocenters. The fourth-order valence-corrected chi connectivity index (χ4v) is 4.16. The van der Waals surface area contributed by atoms with Crippen LogP contribution in [0, 0.1) is 17.8 Å². The molecular formula is C19H27NO3S. The molecule has 4 nitrogen and oxygen atoms in total. The van der Waals surface area contributed by atoms with E-state index in [9.17, 15) is 13.5 Å². The first-order chi connectivity index (χ1) is 11.1. The molecule has 1 aromatic rings. The summed E-state index contributed by atoms with van der Waals surface area (Å²) in [5, 5.41) is 9.63. The lowest BCUT2D eigenvalue weighted by Gasteiger charge is -2.32. The summed E-state index contributed by atoms with van der Waals surface area (Å²) in [6.07, 6.45) is 3.36. The quantitative estimate of drug-likeness (QED) is 0.846. The molecule has 0 aromatic heterocycles. The van der Waals surface area contributed by atoms with E-state index in [1.54, 1.807) is 13.8 Å². The smallest absolute Gasteiger partial charge is 0.147 e. The lowest BCUT2D eigenvalue weighted by atomic mass is 9.99. The average molecular weight is 349 g/mol. The van der Waals surface area contributed by atoms with Crippen LogP contribution in [0.1, 0.15) is 37.8 Å². The molecule has 1 unspecified atom stereocenters. The lowest BCUT2D eigenvalue weighted by molar-refractivity contribution is 0.143. The molecule has 1 aliphatic heterocycles. The van der Waals surface area contributed by atoms with E-state index in [0.29, 0.717) is 0 Å². The number of benzene rings is 1. The second-order valence-electron chi connectivity index (χ2n) is 7.34. The molecule has 0 spiro atoms. The van der Waals surface area contributed by atoms with E-state index in [-0.39, 0.29) is 11.7 Å². The molecule has 1 aliphatic rings. The van der Waals surface area contributed by atoms with Crippen molar-refractivity contribution in [2.45, 2.75) is 38.8 Å². The standard InChI is InChI=1S/C19H27NO3S/c1-19(2,21)11-10-16-6-8-17(9-7-16)13-20-12-4-5-18(14-20)15-24(3,22)23/h6-9,18,21H,4-5,12-15H2,1-3H3. The Bertz CT molecular complexity index is 706. The van der Waals surface area contributed by atoms with Gasteiger partial charge in [0.1, 0.15) is 15.4 Å². The summed E-state index contributed by atoms with van der Waals surface area (Å²) < 4.78 is 23.0. The van der Waals surface area contributed by atoms with Gasteiger partial charge in [-0.1, -0.05) is 24.0 Å². The summed E-state index contributed by atoms with van der Waals surface area (Å²) in [6.45, 7) is 6.02. The van der Waals surface area contributed by atoms with Crippen LogP contribution < -0.4 is 0 Å². The van der Waals surface area contributed by atoms with Gasteiger partial charge in [0, 0.05) is 24.9 Å². The molecule has 0 bridgehead atoms. The number of rotatable bonds is 4. The van der Waals surface area contributed by atoms with Gasteiger partial charge in [-0.15, -0.1) is 0 Å². The highest BCUT2D eigenvalue weighted by molar-refractivity contribution is 7.90. The predicted molar refractivity (Wildman–Crippen MR) is 97.3 cm³/mol. The van der Waals surface area contributed by atoms with Crippen LogP contribution in [-0.4, -0.2) is 49.1 Å². The summed E-state index contributed by atoms with van der Waals surface area (Å²) in [5.41, 5.74) is 1.10. The Morgan fingerprint density at radius 3 is 2.54 bits per heavy atom. The van der Waals surface area contributed by atoms with Crippen molar-refractivity contribution in [1.82, 2.24) is 4.90 Å². The summed E-state index contributed by atoms with van der Waals surface area (Å²) in [6, 6.07) is 8.03. The van der Waals surface area contributed by atoms with Gasteiger partial charge in [-0.2, -0.15) is 0 Å². The van der Waals surface area contributed by atoms with E-state index in [0.717, 1.165) is 38.0 Å². The van der Waals surface area contributed by atoms with Gasteiger partial charge in [0.2, 0.25) is 0 Å². The number of nitrogens with zero attached hydrogens (tertiary/aromatic N) is 1. The first kappa shape index (κ1) is 19.0. The van der Waals surface area contributed by atoms with E-state index in [1.807, 2.05) is 12.1 Å². The average Bonchev–Trinajstić information content (AvgIpc) is 2.44. The van der Waals surface area contributed by atoms with E-state index in [1.165, 1.54) is 11.8 Å². The molecular weight excluding hydrogens is 322 g/mol. The lowest BCUT2D eigenvalue weighted by Crippen LogP contribution is -2.37. The van der Waals surface area contributed by atoms with Crippen molar-refractivity contribution in [2.24, 2.45) is 5.92 Å².